The highest BCUT2D eigenvalue weighted by atomic mass is 35.5. The fourth-order valence-electron chi connectivity index (χ4n) is 2.31. The number of carbonyl (C=O) groups is 2. The summed E-state index contributed by atoms with van der Waals surface area (Å²) in [6, 6.07) is 7.07. The molecule has 0 spiro atoms. The quantitative estimate of drug-likeness (QED) is 0.908. The molecule has 0 aromatic heterocycles. The van der Waals surface area contributed by atoms with Crippen molar-refractivity contribution in [1.29, 1.82) is 0 Å². The molecule has 0 saturated carbocycles. The number of hydrogen-bond acceptors (Lipinski definition) is 2. The summed E-state index contributed by atoms with van der Waals surface area (Å²) in [5.74, 6) is 0.0655. The molecular weight excluding hydrogens is 276 g/mol. The number of unbranched alkanes of at least 4 members (excludes halogenated alkanes) is 1. The predicted molar refractivity (Wildman–Crippen MR) is 79.9 cm³/mol. The largest absolute Gasteiger partial charge is 0.351 e. The number of nitrogens with zero attached hydrogens (tertiary/aromatic N) is 1. The van der Waals surface area contributed by atoms with Crippen LogP contribution in [0.4, 0.5) is 5.69 Å². The number of hydrogen-bond donors (Lipinski definition) is 1. The monoisotopic (exact) mass is 294 g/mol. The molecule has 20 heavy (non-hydrogen) atoms. The van der Waals surface area contributed by atoms with Crippen LogP contribution in [-0.4, -0.2) is 24.4 Å². The van der Waals surface area contributed by atoms with E-state index in [1.807, 2.05) is 12.1 Å². The van der Waals surface area contributed by atoms with Gasteiger partial charge in [0.2, 0.25) is 11.8 Å². The summed E-state index contributed by atoms with van der Waals surface area (Å²) in [5.41, 5.74) is 0.824. The van der Waals surface area contributed by atoms with Gasteiger partial charge in [0.05, 0.1) is 6.04 Å². The highest BCUT2D eigenvalue weighted by Crippen LogP contribution is 2.23. The lowest BCUT2D eigenvalue weighted by molar-refractivity contribution is -0.121. The number of benzene rings is 1. The number of halogens is 1. The van der Waals surface area contributed by atoms with Crippen LogP contribution in [0.15, 0.2) is 24.3 Å². The summed E-state index contributed by atoms with van der Waals surface area (Å²) in [6.07, 6.45) is 2.77. The van der Waals surface area contributed by atoms with Gasteiger partial charge in [-0.05, 0) is 30.7 Å². The van der Waals surface area contributed by atoms with Crippen LogP contribution in [0.2, 0.25) is 5.02 Å². The van der Waals surface area contributed by atoms with Gasteiger partial charge in [-0.15, -0.1) is 0 Å². The van der Waals surface area contributed by atoms with Gasteiger partial charge in [0.1, 0.15) is 0 Å². The van der Waals surface area contributed by atoms with E-state index >= 15 is 0 Å². The number of rotatable bonds is 5. The fraction of sp³-hybridized carbons (Fsp3) is 0.467. The van der Waals surface area contributed by atoms with Gasteiger partial charge in [0.25, 0.3) is 0 Å². The average molecular weight is 295 g/mol. The van der Waals surface area contributed by atoms with Crippen LogP contribution in [-0.2, 0) is 9.59 Å². The molecule has 0 bridgehead atoms. The third-order valence-corrected chi connectivity index (χ3v) is 3.64. The van der Waals surface area contributed by atoms with E-state index in [2.05, 4.69) is 12.2 Å². The summed E-state index contributed by atoms with van der Waals surface area (Å²) in [5, 5.41) is 3.57. The van der Waals surface area contributed by atoms with Crippen molar-refractivity contribution in [2.75, 3.05) is 11.4 Å². The maximum absolute atomic E-state index is 12.0. The maximum Gasteiger partial charge on any atom is 0.229 e. The molecule has 0 aliphatic carbocycles. The Bertz CT molecular complexity index is 487. The van der Waals surface area contributed by atoms with Crippen LogP contribution in [0.1, 0.15) is 32.6 Å². The van der Waals surface area contributed by atoms with Gasteiger partial charge >= 0.3 is 0 Å². The topological polar surface area (TPSA) is 49.4 Å². The fourth-order valence-corrected chi connectivity index (χ4v) is 2.44. The van der Waals surface area contributed by atoms with Crippen molar-refractivity contribution in [1.82, 2.24) is 5.32 Å². The van der Waals surface area contributed by atoms with Crippen molar-refractivity contribution >= 4 is 29.1 Å². The zero-order valence-corrected chi connectivity index (χ0v) is 12.3. The highest BCUT2D eigenvalue weighted by Gasteiger charge is 2.31. The van der Waals surface area contributed by atoms with E-state index in [-0.39, 0.29) is 17.9 Å². The molecule has 4 nitrogen and oxygen atoms in total. The van der Waals surface area contributed by atoms with Gasteiger partial charge in [-0.1, -0.05) is 24.9 Å². The van der Waals surface area contributed by atoms with Gasteiger partial charge < -0.3 is 10.2 Å². The Balaban J connectivity index is 1.93. The van der Waals surface area contributed by atoms with E-state index < -0.39 is 0 Å². The molecular formula is C15H19ClN2O2. The van der Waals surface area contributed by atoms with Crippen LogP contribution >= 0.6 is 11.6 Å². The van der Waals surface area contributed by atoms with Gasteiger partial charge in [0.15, 0.2) is 0 Å². The second-order valence-corrected chi connectivity index (χ2v) is 5.49. The molecule has 5 heteroatoms. The summed E-state index contributed by atoms with van der Waals surface area (Å²) < 4.78 is 0. The van der Waals surface area contributed by atoms with E-state index in [0.29, 0.717) is 24.4 Å². The Labute approximate surface area is 124 Å². The number of amides is 2. The highest BCUT2D eigenvalue weighted by molar-refractivity contribution is 6.30. The Morgan fingerprint density at radius 2 is 2.10 bits per heavy atom. The molecule has 0 radical (unpaired) electrons. The summed E-state index contributed by atoms with van der Waals surface area (Å²) in [6.45, 7) is 2.58. The molecule has 0 unspecified atom stereocenters. The molecule has 1 aliphatic rings. The first-order valence-corrected chi connectivity index (χ1v) is 7.33. The van der Waals surface area contributed by atoms with Gasteiger partial charge in [0, 0.05) is 30.1 Å². The van der Waals surface area contributed by atoms with Gasteiger partial charge in [-0.2, -0.15) is 0 Å². The minimum absolute atomic E-state index is 0.0302. The van der Waals surface area contributed by atoms with Crippen molar-refractivity contribution in [3.8, 4) is 0 Å². The molecule has 1 atom stereocenters. The molecule has 1 aromatic rings. The molecule has 2 amide bonds. The second-order valence-electron chi connectivity index (χ2n) is 5.05. The molecule has 1 aliphatic heterocycles. The van der Waals surface area contributed by atoms with Crippen LogP contribution in [0.3, 0.4) is 0 Å². The van der Waals surface area contributed by atoms with Crippen molar-refractivity contribution in [2.45, 2.75) is 38.6 Å². The normalized spacial score (nSPS) is 18.4. The third-order valence-electron chi connectivity index (χ3n) is 3.39. The Kier molecular flexibility index (Phi) is 5.01. The zero-order chi connectivity index (χ0) is 14.5. The van der Waals surface area contributed by atoms with E-state index in [0.717, 1.165) is 18.5 Å². The smallest absolute Gasteiger partial charge is 0.229 e. The van der Waals surface area contributed by atoms with E-state index in [1.54, 1.807) is 17.0 Å². The summed E-state index contributed by atoms with van der Waals surface area (Å²) in [7, 11) is 0. The van der Waals surface area contributed by atoms with Crippen LogP contribution in [0.5, 0.6) is 0 Å². The molecule has 1 saturated heterocycles. The number of carbonyl (C=O) groups excluding carboxylic acids is 2. The Morgan fingerprint density at radius 1 is 1.40 bits per heavy atom. The standard InChI is InChI=1S/C15H19ClN2O2/c1-2-3-4-14(19)17-12-9-15(20)18(10-12)13-7-5-11(16)6-8-13/h5-8,12H,2-4,9-10H2,1H3,(H,17,19)/t12-/m0/s1. The lowest BCUT2D eigenvalue weighted by Crippen LogP contribution is -2.37. The SMILES string of the molecule is CCCCC(=O)N[C@H]1CC(=O)N(c2ccc(Cl)cc2)C1. The van der Waals surface area contributed by atoms with Crippen LogP contribution in [0.25, 0.3) is 0 Å². The lowest BCUT2D eigenvalue weighted by Gasteiger charge is -2.17. The molecule has 2 rings (SSSR count). The first kappa shape index (κ1) is 14.9. The maximum atomic E-state index is 12.0. The molecule has 1 heterocycles. The van der Waals surface area contributed by atoms with Crippen molar-refractivity contribution in [3.63, 3.8) is 0 Å². The predicted octanol–water partition coefficient (Wildman–Crippen LogP) is 2.75. The van der Waals surface area contributed by atoms with Crippen molar-refractivity contribution in [2.24, 2.45) is 0 Å². The van der Waals surface area contributed by atoms with Crippen LogP contribution in [0, 0.1) is 0 Å². The molecule has 1 aromatic carbocycles. The van der Waals surface area contributed by atoms with Gasteiger partial charge in [-0.3, -0.25) is 9.59 Å². The Morgan fingerprint density at radius 3 is 2.75 bits per heavy atom. The minimum Gasteiger partial charge on any atom is -0.351 e. The van der Waals surface area contributed by atoms with Gasteiger partial charge in [-0.25, -0.2) is 0 Å². The first-order valence-electron chi connectivity index (χ1n) is 6.95. The Hall–Kier alpha value is -1.55. The van der Waals surface area contributed by atoms with E-state index in [4.69, 9.17) is 11.6 Å². The average Bonchev–Trinajstić information content (AvgIpc) is 2.78. The number of anilines is 1. The van der Waals surface area contributed by atoms with Crippen LogP contribution < -0.4 is 10.2 Å². The van der Waals surface area contributed by atoms with Crippen molar-refractivity contribution in [3.05, 3.63) is 29.3 Å². The van der Waals surface area contributed by atoms with E-state index in [9.17, 15) is 9.59 Å². The van der Waals surface area contributed by atoms with E-state index in [1.165, 1.54) is 0 Å². The molecule has 1 N–H and O–H groups in total. The first-order chi connectivity index (χ1) is 9.60. The van der Waals surface area contributed by atoms with Crippen molar-refractivity contribution < 1.29 is 9.59 Å². The number of nitrogens with one attached hydrogen (secondary N) is 1. The lowest BCUT2D eigenvalue weighted by atomic mass is 10.2. The zero-order valence-electron chi connectivity index (χ0n) is 11.6. The molecule has 1 fully saturated rings. The minimum atomic E-state index is -0.0949. The summed E-state index contributed by atoms with van der Waals surface area (Å²) >= 11 is 5.84. The third kappa shape index (κ3) is 3.73. The molecule has 108 valence electrons. The second kappa shape index (κ2) is 6.75. The summed E-state index contributed by atoms with van der Waals surface area (Å²) in [4.78, 5) is 25.4.